The Labute approximate surface area is 181 Å². The maximum atomic E-state index is 11.8. The first-order valence-corrected chi connectivity index (χ1v) is 9.70. The Kier molecular flexibility index (Phi) is 5.86. The number of para-hydroxylation sites is 2. The molecule has 0 fully saturated rings. The molecule has 0 saturated carbocycles. The summed E-state index contributed by atoms with van der Waals surface area (Å²) in [7, 11) is 1.52. The van der Waals surface area contributed by atoms with E-state index in [0.29, 0.717) is 16.8 Å². The van der Waals surface area contributed by atoms with Crippen LogP contribution < -0.4 is 9.47 Å². The van der Waals surface area contributed by atoms with E-state index in [1.54, 1.807) is 43.5 Å². The minimum absolute atomic E-state index is 0.0729. The van der Waals surface area contributed by atoms with Gasteiger partial charge in [0.25, 0.3) is 0 Å². The first kappa shape index (κ1) is 21.1. The molecule has 4 aromatic rings. The van der Waals surface area contributed by atoms with Gasteiger partial charge < -0.3 is 23.9 Å². The Morgan fingerprint density at radius 3 is 2.75 bits per heavy atom. The van der Waals surface area contributed by atoms with E-state index in [4.69, 9.17) is 18.9 Å². The smallest absolute Gasteiger partial charge is 0.450 e. The van der Waals surface area contributed by atoms with Crippen LogP contribution in [0.3, 0.4) is 0 Å². The largest absolute Gasteiger partial charge is 0.515 e. The highest BCUT2D eigenvalue weighted by molar-refractivity contribution is 6.09. The van der Waals surface area contributed by atoms with Gasteiger partial charge in [0, 0.05) is 29.5 Å². The molecule has 0 bridgehead atoms. The summed E-state index contributed by atoms with van der Waals surface area (Å²) in [5, 5.41) is 12.8. The number of methoxy groups -OCH3 is 1. The van der Waals surface area contributed by atoms with Crippen molar-refractivity contribution >= 4 is 33.6 Å². The third-order valence-corrected chi connectivity index (χ3v) is 4.69. The van der Waals surface area contributed by atoms with E-state index in [9.17, 15) is 14.9 Å². The van der Waals surface area contributed by atoms with Crippen LogP contribution in [0.4, 0.5) is 10.5 Å². The summed E-state index contributed by atoms with van der Waals surface area (Å²) < 4.78 is 21.2. The van der Waals surface area contributed by atoms with E-state index in [2.05, 4.69) is 9.97 Å². The number of H-pyrrole nitrogens is 1. The number of aromatic nitrogens is 2. The van der Waals surface area contributed by atoms with Crippen molar-refractivity contribution in [3.63, 3.8) is 0 Å². The van der Waals surface area contributed by atoms with Gasteiger partial charge in [0.05, 0.1) is 35.4 Å². The van der Waals surface area contributed by atoms with Crippen LogP contribution >= 0.6 is 0 Å². The lowest BCUT2D eigenvalue weighted by atomic mass is 10.1. The molecule has 10 heteroatoms. The summed E-state index contributed by atoms with van der Waals surface area (Å²) in [6.45, 7) is 1.97. The summed E-state index contributed by atoms with van der Waals surface area (Å²) >= 11 is 0. The van der Waals surface area contributed by atoms with Crippen molar-refractivity contribution in [2.45, 2.75) is 13.5 Å². The Morgan fingerprint density at radius 1 is 1.19 bits per heavy atom. The number of carbonyl (C=O) groups is 1. The molecule has 0 amide bonds. The number of pyridine rings is 1. The highest BCUT2D eigenvalue weighted by Crippen LogP contribution is 2.37. The van der Waals surface area contributed by atoms with Crippen LogP contribution in [0.1, 0.15) is 12.5 Å². The van der Waals surface area contributed by atoms with Crippen LogP contribution in [0.15, 0.2) is 48.7 Å². The average Bonchev–Trinajstić information content (AvgIpc) is 3.14. The zero-order valence-corrected chi connectivity index (χ0v) is 17.3. The Hall–Kier alpha value is -4.18. The van der Waals surface area contributed by atoms with E-state index in [1.165, 1.54) is 19.2 Å². The van der Waals surface area contributed by atoms with Gasteiger partial charge in [-0.25, -0.2) is 9.78 Å². The number of rotatable bonds is 7. The van der Waals surface area contributed by atoms with Crippen molar-refractivity contribution < 1.29 is 28.7 Å². The first-order chi connectivity index (χ1) is 15.5. The van der Waals surface area contributed by atoms with Gasteiger partial charge in [-0.15, -0.1) is 0 Å². The van der Waals surface area contributed by atoms with Crippen LogP contribution in [0.2, 0.25) is 0 Å². The lowest BCUT2D eigenvalue weighted by Gasteiger charge is -2.10. The second-order valence-corrected chi connectivity index (χ2v) is 6.71. The van der Waals surface area contributed by atoms with Crippen molar-refractivity contribution in [2.75, 3.05) is 13.7 Å². The molecule has 0 spiro atoms. The molecule has 0 radical (unpaired) electrons. The van der Waals surface area contributed by atoms with Crippen LogP contribution in [0.5, 0.6) is 17.4 Å². The van der Waals surface area contributed by atoms with Gasteiger partial charge in [-0.2, -0.15) is 0 Å². The normalized spacial score (nSPS) is 10.9. The van der Waals surface area contributed by atoms with Crippen LogP contribution in [-0.2, 0) is 16.1 Å². The molecule has 2 heterocycles. The summed E-state index contributed by atoms with van der Waals surface area (Å²) in [6, 6.07) is 11.4. The molecular formula is C22H19N3O7. The molecule has 0 unspecified atom stereocenters. The number of ether oxygens (including phenoxy) is 4. The monoisotopic (exact) mass is 437 g/mol. The number of nitrogens with zero attached hydrogens (tertiary/aromatic N) is 2. The lowest BCUT2D eigenvalue weighted by molar-refractivity contribution is -0.385. The second-order valence-electron chi connectivity index (χ2n) is 6.71. The van der Waals surface area contributed by atoms with Crippen molar-refractivity contribution in [2.24, 2.45) is 0 Å². The van der Waals surface area contributed by atoms with Gasteiger partial charge >= 0.3 is 11.8 Å². The highest BCUT2D eigenvalue weighted by atomic mass is 16.7. The van der Waals surface area contributed by atoms with Gasteiger partial charge in [0.1, 0.15) is 5.75 Å². The molecule has 0 aliphatic carbocycles. The fourth-order valence-corrected chi connectivity index (χ4v) is 3.40. The Morgan fingerprint density at radius 2 is 2.00 bits per heavy atom. The number of nitro groups is 1. The molecule has 0 aliphatic rings. The number of hydrogen-bond acceptors (Lipinski definition) is 8. The minimum Gasteiger partial charge on any atom is -0.450 e. The van der Waals surface area contributed by atoms with Gasteiger partial charge in [-0.05, 0) is 31.2 Å². The summed E-state index contributed by atoms with van der Waals surface area (Å²) in [4.78, 5) is 30.1. The molecule has 1 N–H and O–H groups in total. The summed E-state index contributed by atoms with van der Waals surface area (Å²) in [5.41, 5.74) is 1.89. The lowest BCUT2D eigenvalue weighted by Crippen LogP contribution is -2.12. The van der Waals surface area contributed by atoms with Crippen molar-refractivity contribution in [1.82, 2.24) is 9.97 Å². The number of hydrogen-bond donors (Lipinski definition) is 1. The van der Waals surface area contributed by atoms with E-state index in [0.717, 1.165) is 16.3 Å². The topological polar surface area (TPSA) is 126 Å². The fourth-order valence-electron chi connectivity index (χ4n) is 3.40. The molecule has 4 rings (SSSR count). The Bertz CT molecular complexity index is 1320. The van der Waals surface area contributed by atoms with E-state index in [-0.39, 0.29) is 30.5 Å². The van der Waals surface area contributed by atoms with Crippen LogP contribution in [0, 0.1) is 10.1 Å². The van der Waals surface area contributed by atoms with Crippen molar-refractivity contribution in [3.05, 3.63) is 64.3 Å². The molecule has 0 saturated heterocycles. The number of nitro benzene ring substituents is 1. The van der Waals surface area contributed by atoms with Crippen molar-refractivity contribution in [3.8, 4) is 17.4 Å². The van der Waals surface area contributed by atoms with E-state index in [1.807, 2.05) is 0 Å². The number of nitrogens with one attached hydrogen (secondary N) is 1. The van der Waals surface area contributed by atoms with Crippen LogP contribution in [-0.4, -0.2) is 34.8 Å². The van der Waals surface area contributed by atoms with E-state index >= 15 is 0 Å². The van der Waals surface area contributed by atoms with Crippen LogP contribution in [0.25, 0.3) is 21.8 Å². The first-order valence-electron chi connectivity index (χ1n) is 9.70. The summed E-state index contributed by atoms with van der Waals surface area (Å²) in [5.74, 6) is 0.603. The maximum Gasteiger partial charge on any atom is 0.515 e. The molecule has 164 valence electrons. The molecule has 0 aliphatic heterocycles. The average molecular weight is 437 g/mol. The third-order valence-electron chi connectivity index (χ3n) is 4.69. The molecule has 10 nitrogen and oxygen atoms in total. The number of fused-ring (bicyclic) bond motifs is 3. The van der Waals surface area contributed by atoms with E-state index < -0.39 is 11.1 Å². The third kappa shape index (κ3) is 4.03. The maximum absolute atomic E-state index is 11.8. The summed E-state index contributed by atoms with van der Waals surface area (Å²) in [6.07, 6.45) is 0.683. The quantitative estimate of drug-likeness (QED) is 0.240. The van der Waals surface area contributed by atoms with Crippen molar-refractivity contribution in [1.29, 1.82) is 0 Å². The van der Waals surface area contributed by atoms with Gasteiger partial charge in [0.15, 0.2) is 0 Å². The van der Waals surface area contributed by atoms with Gasteiger partial charge in [-0.1, -0.05) is 12.1 Å². The predicted molar refractivity (Wildman–Crippen MR) is 115 cm³/mol. The standard InChI is InChI=1S/C22H19N3O7/c1-3-30-22(26)32-21-15(12-29-2)20-14-10-13(8-9-16(14)24-17(20)11-23-21)31-19-7-5-4-6-18(19)25(27)28/h4-11,24H,3,12H2,1-2H3. The van der Waals surface area contributed by atoms with Gasteiger partial charge in [-0.3, -0.25) is 10.1 Å². The number of aromatic amines is 1. The Balaban J connectivity index is 1.82. The van der Waals surface area contributed by atoms with Gasteiger partial charge in [0.2, 0.25) is 11.6 Å². The molecule has 2 aromatic carbocycles. The number of carbonyl (C=O) groups excluding carboxylic acids is 1. The molecule has 32 heavy (non-hydrogen) atoms. The number of benzene rings is 2. The SMILES string of the molecule is CCOC(=O)Oc1ncc2[nH]c3ccc(Oc4ccccc4[N+](=O)[O-])cc3c2c1COC. The zero-order chi connectivity index (χ0) is 22.7. The molecule has 2 aromatic heterocycles. The second kappa shape index (κ2) is 8.90. The molecule has 0 atom stereocenters. The predicted octanol–water partition coefficient (Wildman–Crippen LogP) is 5.10. The highest BCUT2D eigenvalue weighted by Gasteiger charge is 2.20. The minimum atomic E-state index is -0.864. The molecular weight excluding hydrogens is 418 g/mol. The fraction of sp³-hybridized carbons (Fsp3) is 0.182. The zero-order valence-electron chi connectivity index (χ0n) is 17.3.